The Morgan fingerprint density at radius 1 is 1.41 bits per heavy atom. The predicted octanol–water partition coefficient (Wildman–Crippen LogP) is 3.33. The van der Waals surface area contributed by atoms with Crippen molar-refractivity contribution in [1.29, 1.82) is 0 Å². The summed E-state index contributed by atoms with van der Waals surface area (Å²) >= 11 is 4.96. The van der Waals surface area contributed by atoms with Gasteiger partial charge in [0.1, 0.15) is 0 Å². The summed E-state index contributed by atoms with van der Waals surface area (Å²) in [6, 6.07) is 7.94. The molecular formula is C11H9BrN2O2S. The van der Waals surface area contributed by atoms with Gasteiger partial charge < -0.3 is 4.52 Å². The largest absolute Gasteiger partial charge is 0.331 e. The Hall–Kier alpha value is -1.14. The van der Waals surface area contributed by atoms with E-state index in [2.05, 4.69) is 26.1 Å². The summed E-state index contributed by atoms with van der Waals surface area (Å²) in [6.45, 7) is 1.40. The summed E-state index contributed by atoms with van der Waals surface area (Å²) in [6.07, 6.45) is 0. The number of carbonyl (C=O) groups is 1. The number of aromatic nitrogens is 2. The fourth-order valence-corrected chi connectivity index (χ4v) is 2.14. The maximum atomic E-state index is 11.0. The van der Waals surface area contributed by atoms with E-state index in [1.54, 1.807) is 11.8 Å². The third kappa shape index (κ3) is 3.41. The first kappa shape index (κ1) is 12.3. The maximum absolute atomic E-state index is 11.0. The van der Waals surface area contributed by atoms with Crippen LogP contribution in [0.5, 0.6) is 0 Å². The summed E-state index contributed by atoms with van der Waals surface area (Å²) in [7, 11) is 0. The van der Waals surface area contributed by atoms with E-state index in [1.165, 1.54) is 6.92 Å². The molecule has 0 N–H and O–H groups in total. The smallest absolute Gasteiger partial charge is 0.293 e. The van der Waals surface area contributed by atoms with Gasteiger partial charge in [-0.2, -0.15) is 4.98 Å². The highest BCUT2D eigenvalue weighted by molar-refractivity contribution is 9.10. The van der Waals surface area contributed by atoms with E-state index >= 15 is 0 Å². The maximum Gasteiger partial charge on any atom is 0.293 e. The zero-order valence-corrected chi connectivity index (χ0v) is 11.4. The average Bonchev–Trinajstić information content (AvgIpc) is 2.77. The highest BCUT2D eigenvalue weighted by Crippen LogP contribution is 2.23. The van der Waals surface area contributed by atoms with E-state index < -0.39 is 0 Å². The predicted molar refractivity (Wildman–Crippen MR) is 68.0 cm³/mol. The van der Waals surface area contributed by atoms with Crippen molar-refractivity contribution in [2.75, 3.05) is 0 Å². The topological polar surface area (TPSA) is 56.0 Å². The van der Waals surface area contributed by atoms with E-state index in [-0.39, 0.29) is 11.7 Å². The molecule has 0 bridgehead atoms. The van der Waals surface area contributed by atoms with Crippen LogP contribution in [0.2, 0.25) is 0 Å². The van der Waals surface area contributed by atoms with Crippen molar-refractivity contribution in [2.24, 2.45) is 0 Å². The van der Waals surface area contributed by atoms with E-state index in [1.807, 2.05) is 24.3 Å². The van der Waals surface area contributed by atoms with Crippen LogP contribution in [0.1, 0.15) is 23.4 Å². The molecule has 0 radical (unpaired) electrons. The molecule has 0 fully saturated rings. The van der Waals surface area contributed by atoms with Gasteiger partial charge in [0.25, 0.3) is 5.89 Å². The molecule has 6 heteroatoms. The zero-order valence-electron chi connectivity index (χ0n) is 9.01. The molecule has 1 aromatic heterocycles. The van der Waals surface area contributed by atoms with Gasteiger partial charge in [-0.1, -0.05) is 21.1 Å². The van der Waals surface area contributed by atoms with Crippen molar-refractivity contribution >= 4 is 33.5 Å². The van der Waals surface area contributed by atoms with Crippen LogP contribution in [0.3, 0.4) is 0 Å². The summed E-state index contributed by atoms with van der Waals surface area (Å²) in [5, 5.41) is 3.73. The molecule has 0 aliphatic rings. The lowest BCUT2D eigenvalue weighted by Gasteiger charge is -1.97. The fraction of sp³-hybridized carbons (Fsp3) is 0.182. The van der Waals surface area contributed by atoms with Gasteiger partial charge in [0.15, 0.2) is 5.82 Å². The molecule has 0 atom stereocenters. The van der Waals surface area contributed by atoms with Crippen LogP contribution in [-0.4, -0.2) is 15.9 Å². The number of hydrogen-bond donors (Lipinski definition) is 0. The highest BCUT2D eigenvalue weighted by Gasteiger charge is 2.10. The van der Waals surface area contributed by atoms with Crippen LogP contribution in [-0.2, 0) is 5.75 Å². The van der Waals surface area contributed by atoms with Crippen LogP contribution in [0.4, 0.5) is 0 Å². The fourth-order valence-electron chi connectivity index (χ4n) is 1.13. The first-order valence-electron chi connectivity index (χ1n) is 4.87. The molecule has 88 valence electrons. The normalized spacial score (nSPS) is 10.5. The van der Waals surface area contributed by atoms with Gasteiger partial charge in [0.2, 0.25) is 5.78 Å². The molecule has 1 aromatic carbocycles. The minimum Gasteiger partial charge on any atom is -0.331 e. The quantitative estimate of drug-likeness (QED) is 0.640. The number of halogens is 1. The summed E-state index contributed by atoms with van der Waals surface area (Å²) in [5.41, 5.74) is 0. The molecule has 4 nitrogen and oxygen atoms in total. The third-order valence-electron chi connectivity index (χ3n) is 1.95. The van der Waals surface area contributed by atoms with Gasteiger partial charge in [0.05, 0.1) is 5.75 Å². The highest BCUT2D eigenvalue weighted by atomic mass is 79.9. The lowest BCUT2D eigenvalue weighted by atomic mass is 10.4. The minimum atomic E-state index is -0.211. The van der Waals surface area contributed by atoms with Crippen LogP contribution < -0.4 is 0 Å². The second-order valence-electron chi connectivity index (χ2n) is 3.31. The van der Waals surface area contributed by atoms with Gasteiger partial charge >= 0.3 is 0 Å². The number of benzene rings is 1. The molecule has 2 aromatic rings. The van der Waals surface area contributed by atoms with Gasteiger partial charge in [-0.3, -0.25) is 4.79 Å². The summed E-state index contributed by atoms with van der Waals surface area (Å²) in [5.74, 6) is 0.968. The number of hydrogen-bond acceptors (Lipinski definition) is 5. The standard InChI is InChI=1S/C11H9BrN2O2S/c1-7(15)11-13-10(14-16-11)6-17-9-4-2-8(12)3-5-9/h2-5H,6H2,1H3. The van der Waals surface area contributed by atoms with Crippen molar-refractivity contribution in [1.82, 2.24) is 10.1 Å². The van der Waals surface area contributed by atoms with Crippen molar-refractivity contribution in [3.8, 4) is 0 Å². The molecule has 17 heavy (non-hydrogen) atoms. The van der Waals surface area contributed by atoms with Crippen LogP contribution in [0.25, 0.3) is 0 Å². The van der Waals surface area contributed by atoms with Crippen molar-refractivity contribution in [3.05, 3.63) is 40.5 Å². The first-order valence-corrected chi connectivity index (χ1v) is 6.65. The van der Waals surface area contributed by atoms with Gasteiger partial charge in [-0.05, 0) is 24.3 Å². The van der Waals surface area contributed by atoms with E-state index in [0.29, 0.717) is 11.6 Å². The monoisotopic (exact) mass is 312 g/mol. The molecule has 0 saturated heterocycles. The molecule has 1 heterocycles. The Labute approximate surface area is 111 Å². The Morgan fingerprint density at radius 2 is 2.12 bits per heavy atom. The van der Waals surface area contributed by atoms with Crippen molar-refractivity contribution in [3.63, 3.8) is 0 Å². The van der Waals surface area contributed by atoms with Gasteiger partial charge in [-0.25, -0.2) is 0 Å². The number of nitrogens with zero attached hydrogens (tertiary/aromatic N) is 2. The minimum absolute atomic E-state index is 0.0661. The molecule has 0 aliphatic carbocycles. The molecule has 0 aliphatic heterocycles. The molecule has 2 rings (SSSR count). The summed E-state index contributed by atoms with van der Waals surface area (Å²) in [4.78, 5) is 16.1. The van der Waals surface area contributed by atoms with Gasteiger partial charge in [0, 0.05) is 16.3 Å². The summed E-state index contributed by atoms with van der Waals surface area (Å²) < 4.78 is 5.84. The number of Topliss-reactive ketones (excluding diaryl/α,β-unsaturated/α-hetero) is 1. The number of thioether (sulfide) groups is 1. The molecule has 0 amide bonds. The van der Waals surface area contributed by atoms with Crippen LogP contribution in [0.15, 0.2) is 38.2 Å². The Balaban J connectivity index is 1.97. The number of carbonyl (C=O) groups excluding carboxylic acids is 1. The molecule has 0 saturated carbocycles. The molecule has 0 unspecified atom stereocenters. The SMILES string of the molecule is CC(=O)c1nc(CSc2ccc(Br)cc2)no1. The molecule has 0 spiro atoms. The Kier molecular flexibility index (Phi) is 3.96. The van der Waals surface area contributed by atoms with Crippen LogP contribution in [0, 0.1) is 0 Å². The Morgan fingerprint density at radius 3 is 2.71 bits per heavy atom. The van der Waals surface area contributed by atoms with E-state index in [0.717, 1.165) is 9.37 Å². The second kappa shape index (κ2) is 5.46. The van der Waals surface area contributed by atoms with Crippen molar-refractivity contribution < 1.29 is 9.32 Å². The van der Waals surface area contributed by atoms with Gasteiger partial charge in [-0.15, -0.1) is 11.8 Å². The van der Waals surface area contributed by atoms with Crippen molar-refractivity contribution in [2.45, 2.75) is 17.6 Å². The second-order valence-corrected chi connectivity index (χ2v) is 5.28. The zero-order chi connectivity index (χ0) is 12.3. The van der Waals surface area contributed by atoms with E-state index in [9.17, 15) is 4.79 Å². The first-order chi connectivity index (χ1) is 8.15. The van der Waals surface area contributed by atoms with E-state index in [4.69, 9.17) is 4.52 Å². The lowest BCUT2D eigenvalue weighted by molar-refractivity contribution is 0.0972. The third-order valence-corrected chi connectivity index (χ3v) is 3.49. The van der Waals surface area contributed by atoms with Crippen LogP contribution >= 0.6 is 27.7 Å². The molecular weight excluding hydrogens is 304 g/mol. The average molecular weight is 313 g/mol. The number of rotatable bonds is 4. The Bertz CT molecular complexity index is 525. The number of ketones is 1. The lowest BCUT2D eigenvalue weighted by Crippen LogP contribution is -1.92.